The van der Waals surface area contributed by atoms with Gasteiger partial charge in [0.2, 0.25) is 33.6 Å². The predicted molar refractivity (Wildman–Crippen MR) is 213 cm³/mol. The van der Waals surface area contributed by atoms with E-state index < -0.39 is 92.8 Å². The molecule has 0 bridgehead atoms. The number of rotatable bonds is 10. The molecule has 2 aliphatic carbocycles. The number of nitrogens with one attached hydrogen (secondary N) is 3. The van der Waals surface area contributed by atoms with Crippen LogP contribution in [0.5, 0.6) is 11.8 Å². The lowest BCUT2D eigenvalue weighted by Crippen LogP contribution is -2.60. The number of alkyl carbamates (subject to hydrolysis) is 1. The second-order valence-corrected chi connectivity index (χ2v) is 19.7. The summed E-state index contributed by atoms with van der Waals surface area (Å²) < 4.78 is 85.9. The van der Waals surface area contributed by atoms with Crippen LogP contribution in [-0.4, -0.2) is 102 Å². The van der Waals surface area contributed by atoms with E-state index in [1.54, 1.807) is 6.08 Å². The smallest absolute Gasteiger partial charge is 0.408 e. The highest BCUT2D eigenvalue weighted by Gasteiger charge is 2.64. The molecule has 14 nitrogen and oxygen atoms in total. The van der Waals surface area contributed by atoms with E-state index in [1.807, 2.05) is 44.2 Å². The Morgan fingerprint density at radius 2 is 1.88 bits per heavy atom. The van der Waals surface area contributed by atoms with Gasteiger partial charge in [-0.15, -0.1) is 0 Å². The van der Waals surface area contributed by atoms with Crippen molar-refractivity contribution in [3.05, 3.63) is 42.0 Å². The first-order valence-corrected chi connectivity index (χ1v) is 22.3. The van der Waals surface area contributed by atoms with Gasteiger partial charge in [0, 0.05) is 23.3 Å². The number of sulfonamides is 1. The third kappa shape index (κ3) is 8.49. The number of halogens is 3. The summed E-state index contributed by atoms with van der Waals surface area (Å²) in [5.74, 6) is -2.97. The number of aromatic nitrogens is 1. The molecule has 0 spiro atoms. The van der Waals surface area contributed by atoms with Crippen molar-refractivity contribution in [2.75, 3.05) is 19.8 Å². The molecule has 4 heterocycles. The van der Waals surface area contributed by atoms with Gasteiger partial charge in [-0.3, -0.25) is 19.1 Å². The Hall–Kier alpha value is -4.61. The van der Waals surface area contributed by atoms with Crippen LogP contribution in [0.25, 0.3) is 10.8 Å². The minimum Gasteiger partial charge on any atom is -0.477 e. The maximum Gasteiger partial charge on any atom is 0.408 e. The van der Waals surface area contributed by atoms with Crippen molar-refractivity contribution in [1.82, 2.24) is 25.2 Å². The van der Waals surface area contributed by atoms with Gasteiger partial charge in [0.05, 0.1) is 13.2 Å². The summed E-state index contributed by atoms with van der Waals surface area (Å²) in [7, 11) is -4.44. The van der Waals surface area contributed by atoms with Crippen molar-refractivity contribution >= 4 is 44.6 Å². The minimum atomic E-state index is -4.44. The third-order valence-electron chi connectivity index (χ3n) is 12.8. The van der Waals surface area contributed by atoms with Gasteiger partial charge in [-0.2, -0.15) is 4.98 Å². The number of fused-ring (bicyclic) bond motifs is 5. The molecule has 1 aromatic heterocycles. The molecule has 1 saturated heterocycles. The number of alkyl halides is 3. The van der Waals surface area contributed by atoms with E-state index in [0.29, 0.717) is 43.6 Å². The number of hydrogen-bond donors (Lipinski definition) is 3. The van der Waals surface area contributed by atoms with Crippen LogP contribution in [0.15, 0.2) is 36.4 Å². The van der Waals surface area contributed by atoms with E-state index in [2.05, 4.69) is 15.4 Å². The summed E-state index contributed by atoms with van der Waals surface area (Å²) in [4.78, 5) is 62.9. The lowest BCUT2D eigenvalue weighted by atomic mass is 9.85. The molecule has 18 heteroatoms. The van der Waals surface area contributed by atoms with E-state index in [9.17, 15) is 40.8 Å². The highest BCUT2D eigenvalue weighted by molar-refractivity contribution is 7.91. The largest absolute Gasteiger partial charge is 0.477 e. The Morgan fingerprint density at radius 1 is 1.15 bits per heavy atom. The number of allylic oxidation sites excluding steroid dienone is 1. The van der Waals surface area contributed by atoms with Crippen LogP contribution in [0, 0.1) is 17.8 Å². The quantitative estimate of drug-likeness (QED) is 0.266. The lowest BCUT2D eigenvalue weighted by molar-refractivity contribution is -0.142. The predicted octanol–water partition coefficient (Wildman–Crippen LogP) is 5.27. The molecule has 7 atom stereocenters. The minimum absolute atomic E-state index is 0.000940. The van der Waals surface area contributed by atoms with Crippen LogP contribution in [0.4, 0.5) is 18.0 Å². The van der Waals surface area contributed by atoms with Crippen LogP contribution >= 0.6 is 0 Å². The first-order chi connectivity index (χ1) is 28.4. The Balaban J connectivity index is 1.25. The van der Waals surface area contributed by atoms with Crippen molar-refractivity contribution in [3.8, 4) is 11.8 Å². The van der Waals surface area contributed by atoms with Gasteiger partial charge >= 0.3 is 6.09 Å². The number of ether oxygens (including phenoxy) is 3. The Kier molecular flexibility index (Phi) is 12.1. The topological polar surface area (TPSA) is 182 Å². The van der Waals surface area contributed by atoms with E-state index >= 15 is 0 Å². The highest BCUT2D eigenvalue weighted by atomic mass is 32.2. The number of benzene rings is 1. The molecular weight excluding hydrogens is 808 g/mol. The van der Waals surface area contributed by atoms with Crippen molar-refractivity contribution in [2.45, 2.75) is 132 Å². The lowest BCUT2D eigenvalue weighted by Gasteiger charge is -2.34. The third-order valence-corrected chi connectivity index (χ3v) is 14.9. The fourth-order valence-electron chi connectivity index (χ4n) is 8.70. The van der Waals surface area contributed by atoms with Crippen molar-refractivity contribution in [1.29, 1.82) is 0 Å². The van der Waals surface area contributed by atoms with Gasteiger partial charge in [-0.1, -0.05) is 50.6 Å². The van der Waals surface area contributed by atoms with Gasteiger partial charge in [0.25, 0.3) is 12.3 Å². The highest BCUT2D eigenvalue weighted by Crippen LogP contribution is 2.48. The molecule has 3 N–H and O–H groups in total. The van der Waals surface area contributed by atoms with Gasteiger partial charge in [-0.25, -0.2) is 26.4 Å². The first-order valence-electron chi connectivity index (χ1n) is 20.8. The van der Waals surface area contributed by atoms with Crippen molar-refractivity contribution in [3.63, 3.8) is 0 Å². The first kappa shape index (κ1) is 43.5. The molecule has 0 unspecified atom stereocenters. The second-order valence-electron chi connectivity index (χ2n) is 17.6. The molecule has 1 aromatic carbocycles. The molecule has 0 radical (unpaired) electrons. The number of aryl methyl sites for hydroxylation is 1. The summed E-state index contributed by atoms with van der Waals surface area (Å²) in [6.45, 7) is 5.06. The van der Waals surface area contributed by atoms with Crippen LogP contribution in [0.3, 0.4) is 0 Å². The Bertz CT molecular complexity index is 2150. The zero-order chi connectivity index (χ0) is 43.2. The monoisotopic (exact) mass is 861 g/mol. The molecule has 2 aromatic rings. The molecule has 2 saturated carbocycles. The second kappa shape index (κ2) is 16.7. The van der Waals surface area contributed by atoms with E-state index in [-0.39, 0.29) is 44.0 Å². The fraction of sp³-hybridized carbons (Fsp3) is 0.643. The zero-order valence-corrected chi connectivity index (χ0v) is 35.1. The van der Waals surface area contributed by atoms with Gasteiger partial charge in [0.15, 0.2) is 5.60 Å². The molecule has 60 heavy (non-hydrogen) atoms. The number of nitrogens with zero attached hydrogens (tertiary/aromatic N) is 2. The summed E-state index contributed by atoms with van der Waals surface area (Å²) in [6, 6.07) is 4.88. The number of hydrogen-bond acceptors (Lipinski definition) is 10. The van der Waals surface area contributed by atoms with Crippen LogP contribution in [-0.2, 0) is 35.6 Å². The van der Waals surface area contributed by atoms with E-state index in [4.69, 9.17) is 19.2 Å². The summed E-state index contributed by atoms with van der Waals surface area (Å²) in [6.07, 6.45) is 2.14. The van der Waals surface area contributed by atoms with Crippen LogP contribution in [0.1, 0.15) is 91.0 Å². The van der Waals surface area contributed by atoms with E-state index in [0.717, 1.165) is 37.6 Å². The van der Waals surface area contributed by atoms with Gasteiger partial charge < -0.3 is 29.7 Å². The molecule has 7 rings (SSSR count). The number of amides is 4. The Labute approximate surface area is 347 Å². The van der Waals surface area contributed by atoms with Crippen LogP contribution in [0.2, 0.25) is 0 Å². The maximum atomic E-state index is 15.0. The summed E-state index contributed by atoms with van der Waals surface area (Å²) in [5, 5.41) is 6.93. The molecule has 3 aliphatic heterocycles. The van der Waals surface area contributed by atoms with Crippen molar-refractivity contribution in [2.24, 2.45) is 17.8 Å². The average Bonchev–Trinajstić information content (AvgIpc) is 4.12. The summed E-state index contributed by atoms with van der Waals surface area (Å²) >= 11 is 0. The van der Waals surface area contributed by atoms with Crippen LogP contribution < -0.4 is 24.8 Å². The van der Waals surface area contributed by atoms with Gasteiger partial charge in [0.1, 0.15) is 35.1 Å². The Morgan fingerprint density at radius 3 is 2.57 bits per heavy atom. The SMILES string of the molecule is CC[C@@H]1C[C@@H](C)CC/C=C\[C@@H]2C[C@@]2(C(=O)NS(=O)(=O)C2(CF)CC2)NC(=O)[C@@H]2C[C@@H](Oc3nc4c(c5ccccc35)CCCO4)CN2C(=O)[C@H]1NC(=O)OC(C)(C)C(F)F. The standard InChI is InChI=1S/C42H54F3N5O9S/c1-5-25-19-24(2)11-6-7-12-26-21-42(26,38(53)49-60(55,56)41(23-43)16-17-41)48-33(51)31-20-27(22-50(31)36(52)32(25)46-39(54)59-40(3,4)37(44)45)58-35-30-14-9-8-13-28(30)29-15-10-18-57-34(29)47-35/h7-9,12-14,24-27,31-32,37H,5-6,10-11,15-23H2,1-4H3,(H,46,54)(H,48,51)(H,49,53)/b12-7-/t24-,25+,26+,27+,31-,32-,42+/m0/s1. The van der Waals surface area contributed by atoms with Crippen molar-refractivity contribution < 1.29 is 55.0 Å². The fourth-order valence-corrected chi connectivity index (χ4v) is 10.1. The molecule has 5 aliphatic rings. The number of pyridine rings is 1. The molecule has 3 fully saturated rings. The van der Waals surface area contributed by atoms with E-state index in [1.165, 1.54) is 4.90 Å². The molecule has 328 valence electrons. The maximum absolute atomic E-state index is 15.0. The molecule has 4 amide bonds. The molecular formula is C42H54F3N5O9S. The average molecular weight is 862 g/mol. The number of carbonyl (C=O) groups excluding carboxylic acids is 4. The summed E-state index contributed by atoms with van der Waals surface area (Å²) in [5.41, 5.74) is -2.97. The number of carbonyl (C=O) groups is 4. The normalized spacial score (nSPS) is 29.7. The van der Waals surface area contributed by atoms with Gasteiger partial charge in [-0.05, 0) is 88.5 Å². The zero-order valence-electron chi connectivity index (χ0n) is 34.3.